The van der Waals surface area contributed by atoms with Crippen molar-refractivity contribution in [1.29, 1.82) is 5.26 Å². The SMILES string of the molecule is Cc1cc(C)c(C#N)c(Oc2c(C)cc(Br)cc2N)n1. The van der Waals surface area contributed by atoms with Crippen LogP contribution < -0.4 is 10.5 Å². The first kappa shape index (κ1) is 14.4. The molecule has 5 heteroatoms. The topological polar surface area (TPSA) is 71.9 Å². The maximum atomic E-state index is 9.24. The van der Waals surface area contributed by atoms with Gasteiger partial charge in [0.05, 0.1) is 5.69 Å². The van der Waals surface area contributed by atoms with Crippen molar-refractivity contribution in [2.24, 2.45) is 0 Å². The van der Waals surface area contributed by atoms with Crippen molar-refractivity contribution < 1.29 is 4.74 Å². The summed E-state index contributed by atoms with van der Waals surface area (Å²) in [5, 5.41) is 9.24. The van der Waals surface area contributed by atoms with Crippen LogP contribution in [0.4, 0.5) is 5.69 Å². The van der Waals surface area contributed by atoms with Crippen molar-refractivity contribution in [2.45, 2.75) is 20.8 Å². The molecule has 0 unspecified atom stereocenters. The van der Waals surface area contributed by atoms with Crippen LogP contribution in [0.1, 0.15) is 22.4 Å². The van der Waals surface area contributed by atoms with Crippen LogP contribution in [0.3, 0.4) is 0 Å². The number of aromatic nitrogens is 1. The number of halogens is 1. The van der Waals surface area contributed by atoms with E-state index >= 15 is 0 Å². The summed E-state index contributed by atoms with van der Waals surface area (Å²) in [5.41, 5.74) is 9.41. The van der Waals surface area contributed by atoms with Crippen LogP contribution in [0.15, 0.2) is 22.7 Å². The fourth-order valence-corrected chi connectivity index (χ4v) is 2.59. The predicted octanol–water partition coefficient (Wildman–Crippen LogP) is 4.02. The summed E-state index contributed by atoms with van der Waals surface area (Å²) >= 11 is 3.38. The van der Waals surface area contributed by atoms with Gasteiger partial charge in [0.1, 0.15) is 11.6 Å². The second-order valence-electron chi connectivity index (χ2n) is 4.62. The number of hydrogen-bond acceptors (Lipinski definition) is 4. The Bertz CT molecular complexity index is 697. The number of benzene rings is 1. The Morgan fingerprint density at radius 2 is 1.90 bits per heavy atom. The van der Waals surface area contributed by atoms with Crippen LogP contribution in [0.5, 0.6) is 11.6 Å². The zero-order valence-corrected chi connectivity index (χ0v) is 13.1. The number of nitrogen functional groups attached to an aromatic ring is 1. The Hall–Kier alpha value is -2.06. The lowest BCUT2D eigenvalue weighted by Gasteiger charge is -2.13. The van der Waals surface area contributed by atoms with Crippen molar-refractivity contribution in [3.05, 3.63) is 45.1 Å². The normalized spacial score (nSPS) is 10.2. The predicted molar refractivity (Wildman–Crippen MR) is 81.8 cm³/mol. The molecule has 0 saturated carbocycles. The van der Waals surface area contributed by atoms with Gasteiger partial charge in [-0.25, -0.2) is 4.98 Å². The smallest absolute Gasteiger partial charge is 0.237 e. The third kappa shape index (κ3) is 2.75. The number of hydrogen-bond donors (Lipinski definition) is 1. The van der Waals surface area contributed by atoms with E-state index in [2.05, 4.69) is 27.0 Å². The van der Waals surface area contributed by atoms with Crippen LogP contribution in [0, 0.1) is 32.1 Å². The molecule has 1 aromatic heterocycles. The van der Waals surface area contributed by atoms with Crippen LogP contribution in [0.25, 0.3) is 0 Å². The highest BCUT2D eigenvalue weighted by molar-refractivity contribution is 9.10. The van der Waals surface area contributed by atoms with E-state index in [4.69, 9.17) is 10.5 Å². The lowest BCUT2D eigenvalue weighted by atomic mass is 10.1. The molecule has 0 spiro atoms. The lowest BCUT2D eigenvalue weighted by Crippen LogP contribution is -2.00. The zero-order valence-electron chi connectivity index (χ0n) is 11.5. The minimum absolute atomic E-state index is 0.294. The molecule has 1 heterocycles. The Morgan fingerprint density at radius 1 is 1.20 bits per heavy atom. The Labute approximate surface area is 126 Å². The highest BCUT2D eigenvalue weighted by atomic mass is 79.9. The molecule has 0 aliphatic rings. The molecular formula is C15H14BrN3O. The lowest BCUT2D eigenvalue weighted by molar-refractivity contribution is 0.458. The quantitative estimate of drug-likeness (QED) is 0.843. The number of nitrogens with two attached hydrogens (primary N) is 1. The summed E-state index contributed by atoms with van der Waals surface area (Å²) in [6.07, 6.45) is 0. The van der Waals surface area contributed by atoms with Gasteiger partial charge >= 0.3 is 0 Å². The molecule has 0 amide bonds. The number of rotatable bonds is 2. The second kappa shape index (κ2) is 5.51. The van der Waals surface area contributed by atoms with Crippen LogP contribution >= 0.6 is 15.9 Å². The van der Waals surface area contributed by atoms with Gasteiger partial charge in [-0.1, -0.05) is 15.9 Å². The minimum atomic E-state index is 0.294. The second-order valence-corrected chi connectivity index (χ2v) is 5.53. The molecule has 2 N–H and O–H groups in total. The molecule has 1 aromatic carbocycles. The molecule has 4 nitrogen and oxygen atoms in total. The van der Waals surface area contributed by atoms with Gasteiger partial charge in [-0.15, -0.1) is 0 Å². The standard InChI is InChI=1S/C15H14BrN3O/c1-8-4-10(3)19-15(12(8)7-17)20-14-9(2)5-11(16)6-13(14)18/h4-6H,18H2,1-3H3. The van der Waals surface area contributed by atoms with E-state index in [-0.39, 0.29) is 0 Å². The van der Waals surface area contributed by atoms with E-state index in [1.165, 1.54) is 0 Å². The third-order valence-corrected chi connectivity index (χ3v) is 3.35. The van der Waals surface area contributed by atoms with Crippen LogP contribution in [-0.4, -0.2) is 4.98 Å². The molecule has 0 aliphatic carbocycles. The van der Waals surface area contributed by atoms with Gasteiger partial charge in [0, 0.05) is 10.2 Å². The first-order chi connectivity index (χ1) is 9.42. The molecule has 0 radical (unpaired) electrons. The maximum absolute atomic E-state index is 9.24. The molecule has 0 aliphatic heterocycles. The van der Waals surface area contributed by atoms with E-state index in [9.17, 15) is 5.26 Å². The van der Waals surface area contributed by atoms with Crippen molar-refractivity contribution in [3.63, 3.8) is 0 Å². The fourth-order valence-electron chi connectivity index (χ4n) is 2.00. The van der Waals surface area contributed by atoms with Gasteiger partial charge in [-0.2, -0.15) is 5.26 Å². The van der Waals surface area contributed by atoms with E-state index in [0.717, 1.165) is 21.3 Å². The van der Waals surface area contributed by atoms with Gasteiger partial charge in [-0.3, -0.25) is 0 Å². The maximum Gasteiger partial charge on any atom is 0.237 e. The van der Waals surface area contributed by atoms with Crippen molar-refractivity contribution in [1.82, 2.24) is 4.98 Å². The van der Waals surface area contributed by atoms with Gasteiger partial charge in [0.25, 0.3) is 0 Å². The number of aryl methyl sites for hydroxylation is 3. The van der Waals surface area contributed by atoms with Crippen molar-refractivity contribution in [3.8, 4) is 17.7 Å². The molecule has 0 fully saturated rings. The molecule has 0 atom stereocenters. The molecule has 2 aromatic rings. The summed E-state index contributed by atoms with van der Waals surface area (Å²) in [6.45, 7) is 5.61. The number of anilines is 1. The summed E-state index contributed by atoms with van der Waals surface area (Å²) in [7, 11) is 0. The summed E-state index contributed by atoms with van der Waals surface area (Å²) in [6, 6.07) is 7.64. The molecule has 2 rings (SSSR count). The summed E-state index contributed by atoms with van der Waals surface area (Å²) in [5.74, 6) is 0.823. The minimum Gasteiger partial charge on any atom is -0.435 e. The average molecular weight is 332 g/mol. The number of pyridine rings is 1. The number of nitrogens with zero attached hydrogens (tertiary/aromatic N) is 2. The first-order valence-corrected chi connectivity index (χ1v) is 6.83. The van der Waals surface area contributed by atoms with Gasteiger partial charge in [0.2, 0.25) is 5.88 Å². The third-order valence-electron chi connectivity index (χ3n) is 2.89. The average Bonchev–Trinajstić information content (AvgIpc) is 2.33. The first-order valence-electron chi connectivity index (χ1n) is 6.04. The Morgan fingerprint density at radius 3 is 2.50 bits per heavy atom. The highest BCUT2D eigenvalue weighted by Crippen LogP contribution is 2.34. The largest absolute Gasteiger partial charge is 0.435 e. The van der Waals surface area contributed by atoms with Gasteiger partial charge < -0.3 is 10.5 Å². The number of nitriles is 1. The molecular weight excluding hydrogens is 318 g/mol. The number of ether oxygens (including phenoxy) is 1. The summed E-state index contributed by atoms with van der Waals surface area (Å²) in [4.78, 5) is 4.29. The zero-order chi connectivity index (χ0) is 14.9. The molecule has 102 valence electrons. The molecule has 0 bridgehead atoms. The highest BCUT2D eigenvalue weighted by Gasteiger charge is 2.14. The Kier molecular flexibility index (Phi) is 3.96. The van der Waals surface area contributed by atoms with E-state index < -0.39 is 0 Å². The molecule has 20 heavy (non-hydrogen) atoms. The van der Waals surface area contributed by atoms with Gasteiger partial charge in [-0.05, 0) is 50.1 Å². The molecule has 0 saturated heterocycles. The Balaban J connectivity index is 2.54. The van der Waals surface area contributed by atoms with E-state index in [0.29, 0.717) is 22.9 Å². The summed E-state index contributed by atoms with van der Waals surface area (Å²) < 4.78 is 6.68. The van der Waals surface area contributed by atoms with E-state index in [1.54, 1.807) is 6.07 Å². The fraction of sp³-hybridized carbons (Fsp3) is 0.200. The van der Waals surface area contributed by atoms with Gasteiger partial charge in [0.15, 0.2) is 5.75 Å². The van der Waals surface area contributed by atoms with Crippen LogP contribution in [0.2, 0.25) is 0 Å². The van der Waals surface area contributed by atoms with Crippen LogP contribution in [-0.2, 0) is 0 Å². The van der Waals surface area contributed by atoms with Crippen molar-refractivity contribution >= 4 is 21.6 Å². The monoisotopic (exact) mass is 331 g/mol. The van der Waals surface area contributed by atoms with Crippen molar-refractivity contribution in [2.75, 3.05) is 5.73 Å². The van der Waals surface area contributed by atoms with E-state index in [1.807, 2.05) is 32.9 Å².